The fraction of sp³-hybridized carbons (Fsp3) is 0.579. The van der Waals surface area contributed by atoms with Crippen LogP contribution in [0.25, 0.3) is 11.4 Å². The van der Waals surface area contributed by atoms with Crippen molar-refractivity contribution in [3.05, 3.63) is 29.8 Å². The number of thioether (sulfide) groups is 1. The number of aromatic nitrogens is 3. The summed E-state index contributed by atoms with van der Waals surface area (Å²) >= 11 is 1.85. The van der Waals surface area contributed by atoms with E-state index < -0.39 is 0 Å². The summed E-state index contributed by atoms with van der Waals surface area (Å²) in [5, 5.41) is 10.0. The van der Waals surface area contributed by atoms with Crippen molar-refractivity contribution in [3.8, 4) is 11.4 Å². The molecule has 0 radical (unpaired) electrons. The molecule has 0 saturated carbocycles. The van der Waals surface area contributed by atoms with Gasteiger partial charge in [-0.3, -0.25) is 0 Å². The Labute approximate surface area is 149 Å². The molecule has 1 saturated heterocycles. The van der Waals surface area contributed by atoms with E-state index in [4.69, 9.17) is 0 Å². The highest BCUT2D eigenvalue weighted by atomic mass is 32.2. The Morgan fingerprint density at radius 2 is 1.92 bits per heavy atom. The SMILES string of the molecule is CCCn1c(SCCN2CCCCC2)nnc1-c1cccc(C)c1. The number of aryl methyl sites for hydroxylation is 1. The molecule has 5 heteroatoms. The molecule has 3 rings (SSSR count). The zero-order valence-corrected chi connectivity index (χ0v) is 15.7. The second-order valence-corrected chi connectivity index (χ2v) is 7.64. The Morgan fingerprint density at radius 1 is 1.08 bits per heavy atom. The molecular weight excluding hydrogens is 316 g/mol. The van der Waals surface area contributed by atoms with Crippen LogP contribution in [0.15, 0.2) is 29.4 Å². The van der Waals surface area contributed by atoms with Crippen molar-refractivity contribution >= 4 is 11.8 Å². The van der Waals surface area contributed by atoms with E-state index in [9.17, 15) is 0 Å². The first-order valence-electron chi connectivity index (χ1n) is 9.13. The topological polar surface area (TPSA) is 34.0 Å². The molecule has 1 fully saturated rings. The summed E-state index contributed by atoms with van der Waals surface area (Å²) < 4.78 is 2.29. The predicted octanol–water partition coefficient (Wildman–Crippen LogP) is 4.24. The van der Waals surface area contributed by atoms with Gasteiger partial charge in [0.1, 0.15) is 0 Å². The number of piperidine rings is 1. The highest BCUT2D eigenvalue weighted by Crippen LogP contribution is 2.25. The monoisotopic (exact) mass is 344 g/mol. The summed E-state index contributed by atoms with van der Waals surface area (Å²) in [7, 11) is 0. The Bertz CT molecular complexity index is 647. The van der Waals surface area contributed by atoms with E-state index in [1.165, 1.54) is 43.5 Å². The van der Waals surface area contributed by atoms with Crippen LogP contribution in [0.4, 0.5) is 0 Å². The van der Waals surface area contributed by atoms with Gasteiger partial charge in [-0.05, 0) is 45.3 Å². The van der Waals surface area contributed by atoms with E-state index in [-0.39, 0.29) is 0 Å². The van der Waals surface area contributed by atoms with Crippen LogP contribution in [-0.4, -0.2) is 45.1 Å². The lowest BCUT2D eigenvalue weighted by atomic mass is 10.1. The van der Waals surface area contributed by atoms with Crippen molar-refractivity contribution in [1.82, 2.24) is 19.7 Å². The lowest BCUT2D eigenvalue weighted by molar-refractivity contribution is 0.242. The third kappa shape index (κ3) is 4.39. The molecule has 0 atom stereocenters. The first-order chi connectivity index (χ1) is 11.8. The molecule has 130 valence electrons. The predicted molar refractivity (Wildman–Crippen MR) is 102 cm³/mol. The average Bonchev–Trinajstić information content (AvgIpc) is 2.99. The van der Waals surface area contributed by atoms with E-state index in [0.717, 1.165) is 36.2 Å². The highest BCUT2D eigenvalue weighted by molar-refractivity contribution is 7.99. The first-order valence-corrected chi connectivity index (χ1v) is 10.1. The van der Waals surface area contributed by atoms with Crippen molar-refractivity contribution < 1.29 is 0 Å². The molecule has 0 spiro atoms. The zero-order valence-electron chi connectivity index (χ0n) is 14.9. The molecule has 0 unspecified atom stereocenters. The van der Waals surface area contributed by atoms with Gasteiger partial charge in [0.05, 0.1) is 0 Å². The second-order valence-electron chi connectivity index (χ2n) is 6.58. The van der Waals surface area contributed by atoms with Gasteiger partial charge in [-0.1, -0.05) is 48.9 Å². The van der Waals surface area contributed by atoms with Gasteiger partial charge in [0.25, 0.3) is 0 Å². The number of hydrogen-bond donors (Lipinski definition) is 0. The van der Waals surface area contributed by atoms with Gasteiger partial charge in [-0.25, -0.2) is 0 Å². The molecule has 1 aromatic carbocycles. The minimum atomic E-state index is 0.975. The summed E-state index contributed by atoms with van der Waals surface area (Å²) in [4.78, 5) is 2.58. The summed E-state index contributed by atoms with van der Waals surface area (Å²) in [6, 6.07) is 8.54. The van der Waals surface area contributed by atoms with Crippen molar-refractivity contribution in [3.63, 3.8) is 0 Å². The fourth-order valence-corrected chi connectivity index (χ4v) is 4.23. The average molecular weight is 345 g/mol. The Hall–Kier alpha value is -1.33. The van der Waals surface area contributed by atoms with Gasteiger partial charge < -0.3 is 9.47 Å². The number of likely N-dealkylation sites (tertiary alicyclic amines) is 1. The molecule has 4 nitrogen and oxygen atoms in total. The van der Waals surface area contributed by atoms with Crippen LogP contribution in [0.2, 0.25) is 0 Å². The maximum Gasteiger partial charge on any atom is 0.191 e. The normalized spacial score (nSPS) is 15.8. The van der Waals surface area contributed by atoms with E-state index in [1.54, 1.807) is 0 Å². The minimum Gasteiger partial charge on any atom is -0.303 e. The van der Waals surface area contributed by atoms with E-state index in [2.05, 4.69) is 57.8 Å². The van der Waals surface area contributed by atoms with Gasteiger partial charge in [0, 0.05) is 24.4 Å². The van der Waals surface area contributed by atoms with Crippen LogP contribution in [0.1, 0.15) is 38.2 Å². The quantitative estimate of drug-likeness (QED) is 0.704. The molecule has 0 N–H and O–H groups in total. The fourth-order valence-electron chi connectivity index (χ4n) is 3.27. The van der Waals surface area contributed by atoms with Crippen LogP contribution in [0.5, 0.6) is 0 Å². The number of rotatable bonds is 7. The molecule has 2 heterocycles. The zero-order chi connectivity index (χ0) is 16.8. The maximum absolute atomic E-state index is 4.49. The van der Waals surface area contributed by atoms with E-state index >= 15 is 0 Å². The third-order valence-electron chi connectivity index (χ3n) is 4.53. The number of hydrogen-bond acceptors (Lipinski definition) is 4. The smallest absolute Gasteiger partial charge is 0.191 e. The van der Waals surface area contributed by atoms with Gasteiger partial charge in [0.2, 0.25) is 0 Å². The highest BCUT2D eigenvalue weighted by Gasteiger charge is 2.15. The van der Waals surface area contributed by atoms with Gasteiger partial charge in [-0.15, -0.1) is 10.2 Å². The lowest BCUT2D eigenvalue weighted by Gasteiger charge is -2.25. The Kier molecular flexibility index (Phi) is 6.32. The summed E-state index contributed by atoms with van der Waals surface area (Å²) in [6.07, 6.45) is 5.20. The van der Waals surface area contributed by atoms with Crippen LogP contribution < -0.4 is 0 Å². The molecule has 24 heavy (non-hydrogen) atoms. The molecule has 0 aliphatic carbocycles. The molecule has 1 aromatic heterocycles. The molecule has 1 aliphatic heterocycles. The van der Waals surface area contributed by atoms with Gasteiger partial charge in [-0.2, -0.15) is 0 Å². The Morgan fingerprint density at radius 3 is 2.67 bits per heavy atom. The Balaban J connectivity index is 1.68. The molecule has 1 aliphatic rings. The lowest BCUT2D eigenvalue weighted by Crippen LogP contribution is -2.31. The van der Waals surface area contributed by atoms with E-state index in [1.807, 2.05) is 11.8 Å². The van der Waals surface area contributed by atoms with Crippen molar-refractivity contribution in [2.75, 3.05) is 25.4 Å². The van der Waals surface area contributed by atoms with Crippen LogP contribution in [0, 0.1) is 6.92 Å². The van der Waals surface area contributed by atoms with Crippen molar-refractivity contribution in [1.29, 1.82) is 0 Å². The molecule has 0 bridgehead atoms. The van der Waals surface area contributed by atoms with Gasteiger partial charge in [0.15, 0.2) is 11.0 Å². The number of benzene rings is 1. The van der Waals surface area contributed by atoms with Crippen LogP contribution >= 0.6 is 11.8 Å². The van der Waals surface area contributed by atoms with Crippen molar-refractivity contribution in [2.45, 2.75) is 51.2 Å². The number of nitrogens with zero attached hydrogens (tertiary/aromatic N) is 4. The molecule has 2 aromatic rings. The molecule has 0 amide bonds. The molecular formula is C19H28N4S. The van der Waals surface area contributed by atoms with E-state index in [0.29, 0.717) is 0 Å². The maximum atomic E-state index is 4.49. The van der Waals surface area contributed by atoms with Gasteiger partial charge >= 0.3 is 0 Å². The summed E-state index contributed by atoms with van der Waals surface area (Å²) in [5.41, 5.74) is 2.43. The third-order valence-corrected chi connectivity index (χ3v) is 5.47. The van der Waals surface area contributed by atoms with Crippen LogP contribution in [0.3, 0.4) is 0 Å². The van der Waals surface area contributed by atoms with Crippen LogP contribution in [-0.2, 0) is 6.54 Å². The minimum absolute atomic E-state index is 0.975. The standard InChI is InChI=1S/C19H28N4S/c1-3-10-23-18(17-9-7-8-16(2)15-17)20-21-19(23)24-14-13-22-11-5-4-6-12-22/h7-9,15H,3-6,10-14H2,1-2H3. The summed E-state index contributed by atoms with van der Waals surface area (Å²) in [6.45, 7) is 8.99. The largest absolute Gasteiger partial charge is 0.303 e. The first kappa shape index (κ1) is 17.5. The van der Waals surface area contributed by atoms with Crippen molar-refractivity contribution in [2.24, 2.45) is 0 Å². The second kappa shape index (κ2) is 8.67. The summed E-state index contributed by atoms with van der Waals surface area (Å²) in [5.74, 6) is 2.09.